The van der Waals surface area contributed by atoms with E-state index in [0.29, 0.717) is 0 Å². The summed E-state index contributed by atoms with van der Waals surface area (Å²) in [4.78, 5) is 37.7. The first-order valence-electron chi connectivity index (χ1n) is 6.78. The molecule has 157 valence electrons. The van der Waals surface area contributed by atoms with Gasteiger partial charge in [0.1, 0.15) is 13.6 Å². The van der Waals surface area contributed by atoms with Crippen LogP contribution in [0, 0.1) is 18.4 Å². The van der Waals surface area contributed by atoms with E-state index in [1.54, 1.807) is 0 Å². The summed E-state index contributed by atoms with van der Waals surface area (Å²) >= 11 is 0. The smallest absolute Gasteiger partial charge is 0.396 e. The molecule has 26 heavy (non-hydrogen) atoms. The number of aliphatic hydroxyl groups excluding tert-OH is 4. The van der Waals surface area contributed by atoms with E-state index in [0.717, 1.165) is 12.8 Å². The van der Waals surface area contributed by atoms with Gasteiger partial charge in [-0.25, -0.2) is 12.2 Å². The van der Waals surface area contributed by atoms with E-state index in [1.165, 1.54) is 0 Å². The molecule has 0 bridgehead atoms. The van der Waals surface area contributed by atoms with Crippen molar-refractivity contribution in [1.29, 1.82) is 0 Å². The summed E-state index contributed by atoms with van der Waals surface area (Å²) in [6.45, 7) is 7.88. The van der Waals surface area contributed by atoms with Crippen molar-refractivity contribution in [3.8, 4) is 0 Å². The predicted molar refractivity (Wildman–Crippen MR) is 95.8 cm³/mol. The zero-order chi connectivity index (χ0) is 21.1. The van der Waals surface area contributed by atoms with Crippen molar-refractivity contribution < 1.29 is 61.8 Å². The molecule has 0 aromatic carbocycles. The quantitative estimate of drug-likeness (QED) is 0.169. The van der Waals surface area contributed by atoms with Crippen LogP contribution < -0.4 is 0 Å². The Morgan fingerprint density at radius 2 is 1.27 bits per heavy atom. The fourth-order valence-corrected chi connectivity index (χ4v) is 0.640. The molecule has 0 amide bonds. The van der Waals surface area contributed by atoms with E-state index >= 15 is 0 Å². The third-order valence-electron chi connectivity index (χ3n) is 1.93. The van der Waals surface area contributed by atoms with Crippen LogP contribution in [0.15, 0.2) is 18.2 Å². The molecule has 0 unspecified atom stereocenters. The minimum absolute atomic E-state index is 0. The molecule has 9 nitrogen and oxygen atoms in total. The maximum absolute atomic E-state index is 8.50. The Morgan fingerprint density at radius 3 is 1.31 bits per heavy atom. The Labute approximate surface area is 167 Å². The topological polar surface area (TPSA) is 176 Å². The van der Waals surface area contributed by atoms with E-state index in [1.807, 2.05) is 32.7 Å². The molecule has 0 saturated carbocycles. The van der Waals surface area contributed by atoms with Gasteiger partial charge in [0.05, 0.1) is 31.8 Å². The predicted octanol–water partition coefficient (Wildman–Crippen LogP) is -0.704. The Morgan fingerprint density at radius 1 is 1.00 bits per heavy atom. The molecular weight excluding hydrogens is 410 g/mol. The molecule has 7 N–H and O–H groups in total. The summed E-state index contributed by atoms with van der Waals surface area (Å²) in [5.41, 5.74) is -1.11. The Hall–Kier alpha value is -0.511. The number of carbonyl (C=O) groups is 2. The summed E-state index contributed by atoms with van der Waals surface area (Å²) in [6, 6.07) is 0. The Bertz CT molecular complexity index is 244. The molecule has 0 atom stereocenters. The van der Waals surface area contributed by atoms with E-state index < -0.39 is 40.4 Å². The molecule has 1 radical (unpaired) electrons. The normalized spacial score (nSPS) is 9.92. The number of hydrogen-bond donors (Lipinski definition) is 7. The maximum Gasteiger partial charge on any atom is 2.00 e. The molecular formula is C15H31MnO9P. The first kappa shape index (κ1) is 40.2. The monoisotopic (exact) mass is 441 g/mol. The summed E-state index contributed by atoms with van der Waals surface area (Å²) in [5, 5.41) is 34.0. The van der Waals surface area contributed by atoms with Gasteiger partial charge in [-0.3, -0.25) is 6.08 Å². The van der Waals surface area contributed by atoms with Crippen molar-refractivity contribution >= 4 is 22.2 Å². The van der Waals surface area contributed by atoms with Gasteiger partial charge < -0.3 is 51.6 Å². The van der Waals surface area contributed by atoms with Crippen LogP contribution in [0.4, 0.5) is 0 Å². The number of aliphatic hydroxyl groups is 4. The second-order valence-electron chi connectivity index (χ2n) is 3.90. The van der Waals surface area contributed by atoms with Crippen LogP contribution in [-0.2, 0) is 26.7 Å². The number of rotatable bonds is 4. The SMILES string of the molecule is C=O.C=O.OCC(CO)(CO)CO.OP(O)O.[C-]1=CC=CC1.[CH2-]CC.[Mn+2]. The molecule has 0 fully saturated rings. The molecule has 0 aliphatic heterocycles. The average Bonchev–Trinajstić information content (AvgIpc) is 3.21. The van der Waals surface area contributed by atoms with Gasteiger partial charge in [-0.05, 0) is 0 Å². The fraction of sp³-hybridized carbons (Fsp3) is 0.533. The van der Waals surface area contributed by atoms with Gasteiger partial charge >= 0.3 is 25.7 Å². The van der Waals surface area contributed by atoms with Gasteiger partial charge in [-0.15, -0.1) is 6.42 Å². The van der Waals surface area contributed by atoms with E-state index in [2.05, 4.69) is 19.1 Å². The van der Waals surface area contributed by atoms with Crippen LogP contribution in [-0.4, -0.2) is 75.1 Å². The number of carbonyl (C=O) groups excluding carboxylic acids is 2. The minimum atomic E-state index is -2.62. The fourth-order valence-electron chi connectivity index (χ4n) is 0.640. The third-order valence-corrected chi connectivity index (χ3v) is 1.93. The van der Waals surface area contributed by atoms with Crippen LogP contribution >= 0.6 is 8.60 Å². The second kappa shape index (κ2) is 39.5. The second-order valence-corrected chi connectivity index (χ2v) is 4.44. The van der Waals surface area contributed by atoms with Crippen LogP contribution in [0.5, 0.6) is 0 Å². The minimum Gasteiger partial charge on any atom is -0.396 e. The summed E-state index contributed by atoms with van der Waals surface area (Å²) < 4.78 is 0. The van der Waals surface area contributed by atoms with Crippen LogP contribution in [0.2, 0.25) is 0 Å². The van der Waals surface area contributed by atoms with Crippen molar-refractivity contribution in [3.05, 3.63) is 31.2 Å². The van der Waals surface area contributed by atoms with Crippen LogP contribution in [0.1, 0.15) is 19.8 Å². The number of hydrogen-bond acceptors (Lipinski definition) is 9. The van der Waals surface area contributed by atoms with Gasteiger partial charge in [-0.1, -0.05) is 6.92 Å². The van der Waals surface area contributed by atoms with Crippen LogP contribution in [0.25, 0.3) is 0 Å². The van der Waals surface area contributed by atoms with Crippen LogP contribution in [0.3, 0.4) is 0 Å². The van der Waals surface area contributed by atoms with E-state index in [9.17, 15) is 0 Å². The summed E-state index contributed by atoms with van der Waals surface area (Å²) in [6.07, 6.45) is 11.0. The first-order chi connectivity index (χ1) is 11.9. The van der Waals surface area contributed by atoms with Gasteiger partial charge in [0.2, 0.25) is 0 Å². The Balaban J connectivity index is -0.0000000508. The third kappa shape index (κ3) is 43.7. The van der Waals surface area contributed by atoms with Crippen molar-refractivity contribution in [1.82, 2.24) is 0 Å². The molecule has 0 saturated heterocycles. The summed E-state index contributed by atoms with van der Waals surface area (Å²) in [7, 11) is -2.62. The Kier molecular flexibility index (Phi) is 61.2. The number of allylic oxidation sites excluding steroid dienone is 4. The zero-order valence-electron chi connectivity index (χ0n) is 14.9. The zero-order valence-corrected chi connectivity index (χ0v) is 16.9. The molecule has 11 heteroatoms. The van der Waals surface area contributed by atoms with Crippen molar-refractivity contribution in [2.24, 2.45) is 5.41 Å². The van der Waals surface area contributed by atoms with Gasteiger partial charge in [0.15, 0.2) is 0 Å². The van der Waals surface area contributed by atoms with E-state index in [-0.39, 0.29) is 17.1 Å². The van der Waals surface area contributed by atoms with Crippen molar-refractivity contribution in [3.63, 3.8) is 0 Å². The molecule has 0 spiro atoms. The van der Waals surface area contributed by atoms with Gasteiger partial charge in [-0.2, -0.15) is 12.5 Å². The summed E-state index contributed by atoms with van der Waals surface area (Å²) in [5.74, 6) is 0. The van der Waals surface area contributed by atoms with Crippen molar-refractivity contribution in [2.75, 3.05) is 26.4 Å². The van der Waals surface area contributed by atoms with Crippen molar-refractivity contribution in [2.45, 2.75) is 19.8 Å². The standard InChI is InChI=1S/C5H12O4.C5H5.C3H7.2CH2O.Mn.H3O3P/c6-1-5(2-7,3-8)4-9;1-2-4-5-3-1;1-3-2;2*1-2;;1-4(2)3/h6-9H,1-4H2;1-3H,4H2;1,3H2,2H3;2*1H2;;1-3H/q;2*-1;;;+2;. The molecule has 1 aliphatic carbocycles. The average molecular weight is 441 g/mol. The molecule has 0 aromatic heterocycles. The first-order valence-corrected chi connectivity index (χ1v) is 7.98. The largest absolute Gasteiger partial charge is 2.00 e. The van der Waals surface area contributed by atoms with E-state index in [4.69, 9.17) is 44.7 Å². The van der Waals surface area contributed by atoms with Gasteiger partial charge in [0, 0.05) is 0 Å². The maximum atomic E-state index is 8.50. The molecule has 1 aliphatic rings. The molecule has 1 rings (SSSR count). The molecule has 0 heterocycles. The molecule has 0 aromatic rings. The van der Waals surface area contributed by atoms with Gasteiger partial charge in [0.25, 0.3) is 0 Å².